The van der Waals surface area contributed by atoms with E-state index >= 15 is 0 Å². The fourth-order valence-electron chi connectivity index (χ4n) is 5.36. The molecule has 0 unspecified atom stereocenters. The van der Waals surface area contributed by atoms with E-state index in [-0.39, 0.29) is 11.8 Å². The smallest absolute Gasteiger partial charge is 0.285 e. The van der Waals surface area contributed by atoms with Crippen LogP contribution in [0.25, 0.3) is 4.91 Å². The van der Waals surface area contributed by atoms with Gasteiger partial charge in [0.2, 0.25) is 5.91 Å². The number of aromatic nitrogens is 1. The van der Waals surface area contributed by atoms with Gasteiger partial charge in [-0.05, 0) is 43.9 Å². The third kappa shape index (κ3) is 4.76. The van der Waals surface area contributed by atoms with Crippen LogP contribution >= 0.6 is 0 Å². The third-order valence-electron chi connectivity index (χ3n) is 7.38. The zero-order valence-electron chi connectivity index (χ0n) is 20.9. The van der Waals surface area contributed by atoms with E-state index in [1.807, 2.05) is 61.2 Å². The van der Waals surface area contributed by atoms with Gasteiger partial charge in [-0.2, -0.15) is 8.42 Å². The van der Waals surface area contributed by atoms with Crippen molar-refractivity contribution in [2.45, 2.75) is 33.1 Å². The summed E-state index contributed by atoms with van der Waals surface area (Å²) >= 11 is 0. The number of carbonyl (C=O) groups is 1. The number of hydrogen-bond acceptors (Lipinski definition) is 6. The Morgan fingerprint density at radius 3 is 2.25 bits per heavy atom. The molecule has 2 saturated heterocycles. The first-order valence-electron chi connectivity index (χ1n) is 12.7. The zero-order valence-corrected chi connectivity index (χ0v) is 21.7. The largest absolute Gasteiger partial charge is 0.356 e. The van der Waals surface area contributed by atoms with Crippen LogP contribution in [0.15, 0.2) is 58.6 Å². The second-order valence-electron chi connectivity index (χ2n) is 9.68. The number of amides is 1. The molecule has 36 heavy (non-hydrogen) atoms. The summed E-state index contributed by atoms with van der Waals surface area (Å²) in [5.41, 5.74) is 2.54. The maximum absolute atomic E-state index is 13.3. The van der Waals surface area contributed by atoms with Crippen molar-refractivity contribution in [2.24, 2.45) is 10.3 Å². The lowest BCUT2D eigenvalue weighted by molar-refractivity contribution is -0.137. The van der Waals surface area contributed by atoms with Gasteiger partial charge in [0.15, 0.2) is 0 Å². The Labute approximate surface area is 213 Å². The molecule has 1 aromatic heterocycles. The summed E-state index contributed by atoms with van der Waals surface area (Å²) in [6.45, 7) is 8.17. The molecule has 0 spiro atoms. The molecule has 0 bridgehead atoms. The van der Waals surface area contributed by atoms with Crippen molar-refractivity contribution in [2.75, 3.05) is 44.2 Å². The number of nitrogens with zero attached hydrogens (tertiary/aromatic N) is 5. The lowest BCUT2D eigenvalue weighted by Crippen LogP contribution is -2.52. The van der Waals surface area contributed by atoms with E-state index in [0.29, 0.717) is 61.7 Å². The van der Waals surface area contributed by atoms with Gasteiger partial charge in [0.25, 0.3) is 10.0 Å². The van der Waals surface area contributed by atoms with Gasteiger partial charge in [-0.25, -0.2) is 4.98 Å². The minimum atomic E-state index is -3.75. The highest BCUT2D eigenvalue weighted by Crippen LogP contribution is 2.36. The number of piperazine rings is 1. The highest BCUT2D eigenvalue weighted by Gasteiger charge is 2.37. The minimum Gasteiger partial charge on any atom is -0.356 e. The standard InChI is InChI=1S/C27H33N5O3S/c1-3-23-25(21-9-7-20(2)8-10-21)36(34,35)29-26(23)31-14-11-22(12-15-31)27(33)32-18-16-30(17-19-32)24-6-4-5-13-28-24/h4-10,13,22H,3,11-12,14-19H2,1-2H3. The maximum atomic E-state index is 13.3. The molecular weight excluding hydrogens is 474 g/mol. The second-order valence-corrected chi connectivity index (χ2v) is 11.2. The van der Waals surface area contributed by atoms with Crippen molar-refractivity contribution >= 4 is 32.5 Å². The Morgan fingerprint density at radius 1 is 0.944 bits per heavy atom. The van der Waals surface area contributed by atoms with Crippen molar-refractivity contribution in [1.82, 2.24) is 14.8 Å². The Morgan fingerprint density at radius 2 is 1.64 bits per heavy atom. The van der Waals surface area contributed by atoms with Gasteiger partial charge in [-0.3, -0.25) is 4.79 Å². The van der Waals surface area contributed by atoms with Crippen LogP contribution in [0.3, 0.4) is 0 Å². The van der Waals surface area contributed by atoms with Crippen LogP contribution < -0.4 is 4.90 Å². The number of likely N-dealkylation sites (tertiary alicyclic amines) is 1. The Balaban J connectivity index is 1.23. The molecule has 0 aliphatic carbocycles. The Bertz CT molecular complexity index is 1270. The monoisotopic (exact) mass is 507 g/mol. The molecule has 0 atom stereocenters. The van der Waals surface area contributed by atoms with E-state index in [2.05, 4.69) is 19.2 Å². The predicted molar refractivity (Wildman–Crippen MR) is 142 cm³/mol. The fourth-order valence-corrected chi connectivity index (χ4v) is 6.89. The van der Waals surface area contributed by atoms with E-state index in [9.17, 15) is 13.2 Å². The molecule has 2 aromatic rings. The molecule has 3 aliphatic heterocycles. The van der Waals surface area contributed by atoms with Crippen molar-refractivity contribution in [1.29, 1.82) is 0 Å². The number of benzene rings is 1. The summed E-state index contributed by atoms with van der Waals surface area (Å²) in [4.78, 5) is 24.2. The van der Waals surface area contributed by atoms with Gasteiger partial charge in [0.1, 0.15) is 16.6 Å². The first-order valence-corrected chi connectivity index (χ1v) is 14.2. The molecule has 2 fully saturated rings. The van der Waals surface area contributed by atoms with E-state index in [1.165, 1.54) is 0 Å². The summed E-state index contributed by atoms with van der Waals surface area (Å²) in [6, 6.07) is 13.5. The average Bonchev–Trinajstić information content (AvgIpc) is 3.19. The summed E-state index contributed by atoms with van der Waals surface area (Å²) < 4.78 is 30.3. The minimum absolute atomic E-state index is 0.0353. The molecule has 190 valence electrons. The first-order chi connectivity index (χ1) is 17.4. The molecule has 0 radical (unpaired) electrons. The summed E-state index contributed by atoms with van der Waals surface area (Å²) in [5, 5.41) is 0. The lowest BCUT2D eigenvalue weighted by atomic mass is 9.94. The van der Waals surface area contributed by atoms with E-state index in [4.69, 9.17) is 0 Å². The van der Waals surface area contributed by atoms with Gasteiger partial charge >= 0.3 is 0 Å². The van der Waals surface area contributed by atoms with Crippen LogP contribution in [-0.4, -0.2) is 74.2 Å². The number of sulfonamides is 1. The Kier molecular flexibility index (Phi) is 6.83. The third-order valence-corrected chi connectivity index (χ3v) is 8.80. The number of amidine groups is 1. The predicted octanol–water partition coefficient (Wildman–Crippen LogP) is 3.31. The van der Waals surface area contributed by atoms with Crippen LogP contribution in [0.4, 0.5) is 5.82 Å². The number of carbonyl (C=O) groups excluding carboxylic acids is 1. The average molecular weight is 508 g/mol. The summed E-state index contributed by atoms with van der Waals surface area (Å²) in [6.07, 6.45) is 3.79. The molecule has 3 aliphatic rings. The van der Waals surface area contributed by atoms with Crippen LogP contribution in [0.1, 0.15) is 37.3 Å². The Hall–Kier alpha value is -3.20. The normalized spacial score (nSPS) is 20.6. The molecule has 8 nitrogen and oxygen atoms in total. The van der Waals surface area contributed by atoms with Crippen molar-refractivity contribution in [3.8, 4) is 0 Å². The molecule has 4 heterocycles. The topological polar surface area (TPSA) is 86.2 Å². The van der Waals surface area contributed by atoms with Gasteiger partial charge in [0.05, 0.1) is 0 Å². The molecular formula is C27H33N5O3S. The number of anilines is 1. The van der Waals surface area contributed by atoms with Crippen molar-refractivity contribution in [3.05, 3.63) is 65.4 Å². The van der Waals surface area contributed by atoms with E-state index < -0.39 is 10.0 Å². The molecule has 9 heteroatoms. The van der Waals surface area contributed by atoms with E-state index in [1.54, 1.807) is 6.20 Å². The number of piperidine rings is 1. The quantitative estimate of drug-likeness (QED) is 0.631. The molecule has 1 aromatic carbocycles. The van der Waals surface area contributed by atoms with Gasteiger partial charge < -0.3 is 14.7 Å². The molecule has 1 amide bonds. The fraction of sp³-hybridized carbons (Fsp3) is 0.444. The van der Waals surface area contributed by atoms with Crippen LogP contribution in [0.2, 0.25) is 0 Å². The SMILES string of the molecule is CCC1=C(c2ccc(C)cc2)S(=O)(=O)N=C1N1CCC(C(=O)N2CCN(c3ccccn3)CC2)CC1. The number of rotatable bonds is 4. The molecule has 0 saturated carbocycles. The summed E-state index contributed by atoms with van der Waals surface area (Å²) in [7, 11) is -3.75. The number of hydrogen-bond donors (Lipinski definition) is 0. The van der Waals surface area contributed by atoms with Crippen molar-refractivity contribution < 1.29 is 13.2 Å². The second kappa shape index (κ2) is 10.0. The zero-order chi connectivity index (χ0) is 25.3. The van der Waals surface area contributed by atoms with Gasteiger partial charge in [0, 0.05) is 57.0 Å². The molecule has 0 N–H and O–H groups in total. The highest BCUT2D eigenvalue weighted by molar-refractivity contribution is 8.00. The van der Waals surface area contributed by atoms with Gasteiger partial charge in [-0.1, -0.05) is 42.8 Å². The van der Waals surface area contributed by atoms with Gasteiger partial charge in [-0.15, -0.1) is 4.40 Å². The number of aryl methyl sites for hydroxylation is 1. The van der Waals surface area contributed by atoms with Crippen LogP contribution in [-0.2, 0) is 14.8 Å². The summed E-state index contributed by atoms with van der Waals surface area (Å²) in [5.74, 6) is 1.69. The van der Waals surface area contributed by atoms with Crippen LogP contribution in [0.5, 0.6) is 0 Å². The first kappa shape index (κ1) is 24.5. The number of pyridine rings is 1. The molecule has 5 rings (SSSR count). The highest BCUT2D eigenvalue weighted by atomic mass is 32.2. The van der Waals surface area contributed by atoms with Crippen molar-refractivity contribution in [3.63, 3.8) is 0 Å². The van der Waals surface area contributed by atoms with E-state index in [0.717, 1.165) is 30.0 Å². The maximum Gasteiger partial charge on any atom is 0.285 e. The lowest BCUT2D eigenvalue weighted by Gasteiger charge is -2.39. The van der Waals surface area contributed by atoms with Crippen LogP contribution in [0, 0.1) is 12.8 Å².